The zero-order valence-electron chi connectivity index (χ0n) is 9.38. The van der Waals surface area contributed by atoms with Gasteiger partial charge < -0.3 is 15.2 Å². The molecule has 1 saturated heterocycles. The van der Waals surface area contributed by atoms with Gasteiger partial charge in [0.25, 0.3) is 0 Å². The third kappa shape index (κ3) is 3.04. The highest BCUT2D eigenvalue weighted by Gasteiger charge is 2.37. The third-order valence-corrected chi connectivity index (χ3v) is 3.48. The number of nitrogens with one attached hydrogen (secondary N) is 1. The Labute approximate surface area is 108 Å². The van der Waals surface area contributed by atoms with Crippen LogP contribution in [0.2, 0.25) is 0 Å². The normalized spacial score (nSPS) is 17.8. The standard InChI is InChI=1S/C12H15BrFNO2/c13-10-2-1-9(11(14)3-10)4-15-5-12(6-16)7-17-8-12/h1-3,15-16H,4-8H2. The van der Waals surface area contributed by atoms with Gasteiger partial charge in [-0.05, 0) is 12.1 Å². The Morgan fingerprint density at radius 3 is 2.76 bits per heavy atom. The maximum absolute atomic E-state index is 13.5. The van der Waals surface area contributed by atoms with Gasteiger partial charge in [-0.1, -0.05) is 22.0 Å². The first-order valence-corrected chi connectivity index (χ1v) is 6.28. The summed E-state index contributed by atoms with van der Waals surface area (Å²) in [5, 5.41) is 12.4. The molecular formula is C12H15BrFNO2. The van der Waals surface area contributed by atoms with Gasteiger partial charge in [-0.2, -0.15) is 0 Å². The van der Waals surface area contributed by atoms with Crippen LogP contribution in [-0.2, 0) is 11.3 Å². The number of benzene rings is 1. The molecule has 0 atom stereocenters. The van der Waals surface area contributed by atoms with Crippen LogP contribution in [-0.4, -0.2) is 31.5 Å². The van der Waals surface area contributed by atoms with Crippen molar-refractivity contribution in [1.82, 2.24) is 5.32 Å². The van der Waals surface area contributed by atoms with Crippen molar-refractivity contribution in [3.8, 4) is 0 Å². The van der Waals surface area contributed by atoms with Crippen LogP contribution in [0.1, 0.15) is 5.56 Å². The zero-order valence-corrected chi connectivity index (χ0v) is 11.0. The second-order valence-corrected chi connectivity index (χ2v) is 5.41. The van der Waals surface area contributed by atoms with E-state index in [1.807, 2.05) is 6.07 Å². The Hall–Kier alpha value is -0.490. The van der Waals surface area contributed by atoms with Crippen LogP contribution in [0, 0.1) is 11.2 Å². The van der Waals surface area contributed by atoms with E-state index in [-0.39, 0.29) is 17.8 Å². The van der Waals surface area contributed by atoms with Crippen LogP contribution in [0.3, 0.4) is 0 Å². The molecule has 1 aliphatic rings. The summed E-state index contributed by atoms with van der Waals surface area (Å²) in [6, 6.07) is 5.01. The lowest BCUT2D eigenvalue weighted by Gasteiger charge is -2.40. The molecule has 94 valence electrons. The van der Waals surface area contributed by atoms with Gasteiger partial charge in [0.2, 0.25) is 0 Å². The minimum atomic E-state index is -0.227. The minimum Gasteiger partial charge on any atom is -0.396 e. The number of hydrogen-bond donors (Lipinski definition) is 2. The summed E-state index contributed by atoms with van der Waals surface area (Å²) in [4.78, 5) is 0. The highest BCUT2D eigenvalue weighted by Crippen LogP contribution is 2.25. The molecule has 2 N–H and O–H groups in total. The van der Waals surface area contributed by atoms with Crippen molar-refractivity contribution in [2.75, 3.05) is 26.4 Å². The summed E-state index contributed by atoms with van der Waals surface area (Å²) < 4.78 is 19.3. The average molecular weight is 304 g/mol. The molecule has 0 unspecified atom stereocenters. The number of halogens is 2. The molecule has 1 heterocycles. The smallest absolute Gasteiger partial charge is 0.128 e. The molecular weight excluding hydrogens is 289 g/mol. The summed E-state index contributed by atoms with van der Waals surface area (Å²) in [7, 11) is 0. The van der Waals surface area contributed by atoms with Crippen LogP contribution in [0.25, 0.3) is 0 Å². The molecule has 1 fully saturated rings. The predicted molar refractivity (Wildman–Crippen MR) is 66.1 cm³/mol. The van der Waals surface area contributed by atoms with Crippen molar-refractivity contribution in [3.05, 3.63) is 34.1 Å². The second-order valence-electron chi connectivity index (χ2n) is 4.49. The van der Waals surface area contributed by atoms with E-state index in [1.54, 1.807) is 6.07 Å². The molecule has 0 spiro atoms. The molecule has 0 aliphatic carbocycles. The first-order chi connectivity index (χ1) is 8.15. The highest BCUT2D eigenvalue weighted by molar-refractivity contribution is 9.10. The van der Waals surface area contributed by atoms with E-state index in [0.29, 0.717) is 31.9 Å². The molecule has 0 aromatic heterocycles. The highest BCUT2D eigenvalue weighted by atomic mass is 79.9. The van der Waals surface area contributed by atoms with Crippen molar-refractivity contribution in [2.24, 2.45) is 5.41 Å². The Morgan fingerprint density at radius 1 is 1.47 bits per heavy atom. The quantitative estimate of drug-likeness (QED) is 0.870. The Bertz CT molecular complexity index is 391. The summed E-state index contributed by atoms with van der Waals surface area (Å²) in [6.45, 7) is 2.33. The SMILES string of the molecule is OCC1(CNCc2ccc(Br)cc2F)COC1. The van der Waals surface area contributed by atoms with Crippen molar-refractivity contribution in [2.45, 2.75) is 6.54 Å². The fourth-order valence-electron chi connectivity index (χ4n) is 1.77. The summed E-state index contributed by atoms with van der Waals surface area (Å²) in [6.07, 6.45) is 0. The average Bonchev–Trinajstić information content (AvgIpc) is 2.25. The van der Waals surface area contributed by atoms with Crippen LogP contribution < -0.4 is 5.32 Å². The van der Waals surface area contributed by atoms with E-state index in [1.165, 1.54) is 6.07 Å². The van der Waals surface area contributed by atoms with Crippen LogP contribution in [0.5, 0.6) is 0 Å². The molecule has 0 saturated carbocycles. The second kappa shape index (κ2) is 5.44. The maximum atomic E-state index is 13.5. The van der Waals surface area contributed by atoms with Crippen molar-refractivity contribution in [3.63, 3.8) is 0 Å². The van der Waals surface area contributed by atoms with E-state index in [2.05, 4.69) is 21.2 Å². The summed E-state index contributed by atoms with van der Waals surface area (Å²) >= 11 is 3.22. The first-order valence-electron chi connectivity index (χ1n) is 5.48. The zero-order chi connectivity index (χ0) is 12.3. The Balaban J connectivity index is 1.85. The lowest BCUT2D eigenvalue weighted by molar-refractivity contribution is -0.134. The fourth-order valence-corrected chi connectivity index (χ4v) is 2.10. The van der Waals surface area contributed by atoms with Crippen molar-refractivity contribution >= 4 is 15.9 Å². The van der Waals surface area contributed by atoms with Gasteiger partial charge in [-0.3, -0.25) is 0 Å². The van der Waals surface area contributed by atoms with Crippen molar-refractivity contribution in [1.29, 1.82) is 0 Å². The lowest BCUT2D eigenvalue weighted by atomic mass is 9.87. The first kappa shape index (κ1) is 13.0. The van der Waals surface area contributed by atoms with Crippen molar-refractivity contribution < 1.29 is 14.2 Å². The fraction of sp³-hybridized carbons (Fsp3) is 0.500. The van der Waals surface area contributed by atoms with E-state index in [9.17, 15) is 9.50 Å². The maximum Gasteiger partial charge on any atom is 0.128 e. The molecule has 0 radical (unpaired) electrons. The van der Waals surface area contributed by atoms with Gasteiger partial charge in [0.1, 0.15) is 5.82 Å². The molecule has 17 heavy (non-hydrogen) atoms. The summed E-state index contributed by atoms with van der Waals surface area (Å²) in [5.41, 5.74) is 0.452. The van der Waals surface area contributed by atoms with Crippen LogP contribution >= 0.6 is 15.9 Å². The van der Waals surface area contributed by atoms with E-state index in [0.717, 1.165) is 4.47 Å². The molecule has 5 heteroatoms. The van der Waals surface area contributed by atoms with Crippen LogP contribution in [0.4, 0.5) is 4.39 Å². The minimum absolute atomic E-state index is 0.100. The molecule has 2 rings (SSSR count). The van der Waals surface area contributed by atoms with Gasteiger partial charge in [0, 0.05) is 23.1 Å². The lowest BCUT2D eigenvalue weighted by Crippen LogP contribution is -2.52. The number of aliphatic hydroxyl groups is 1. The molecule has 1 aromatic carbocycles. The van der Waals surface area contributed by atoms with E-state index >= 15 is 0 Å². The largest absolute Gasteiger partial charge is 0.396 e. The number of ether oxygens (including phenoxy) is 1. The number of hydrogen-bond acceptors (Lipinski definition) is 3. The predicted octanol–water partition coefficient (Wildman–Crippen LogP) is 1.69. The monoisotopic (exact) mass is 303 g/mol. The molecule has 1 aliphatic heterocycles. The van der Waals surface area contributed by atoms with Gasteiger partial charge >= 0.3 is 0 Å². The van der Waals surface area contributed by atoms with Gasteiger partial charge in [-0.25, -0.2) is 4.39 Å². The van der Waals surface area contributed by atoms with Crippen LogP contribution in [0.15, 0.2) is 22.7 Å². The molecule has 3 nitrogen and oxygen atoms in total. The van der Waals surface area contributed by atoms with E-state index in [4.69, 9.17) is 4.74 Å². The third-order valence-electron chi connectivity index (χ3n) is 2.98. The van der Waals surface area contributed by atoms with Gasteiger partial charge in [0.05, 0.1) is 25.2 Å². The number of rotatable bonds is 5. The molecule has 1 aromatic rings. The molecule has 0 amide bonds. The van der Waals surface area contributed by atoms with Gasteiger partial charge in [0.15, 0.2) is 0 Å². The van der Waals surface area contributed by atoms with E-state index < -0.39 is 0 Å². The molecule has 0 bridgehead atoms. The summed E-state index contributed by atoms with van der Waals surface area (Å²) in [5.74, 6) is -0.227. The number of aliphatic hydroxyl groups excluding tert-OH is 1. The topological polar surface area (TPSA) is 41.5 Å². The van der Waals surface area contributed by atoms with Gasteiger partial charge in [-0.15, -0.1) is 0 Å². The Kier molecular flexibility index (Phi) is 4.14. The Morgan fingerprint density at radius 2 is 2.24 bits per heavy atom.